The quantitative estimate of drug-likeness (QED) is 0.862. The number of nitrogens with two attached hydrogens (primary N) is 1. The molecule has 0 spiro atoms. The summed E-state index contributed by atoms with van der Waals surface area (Å²) in [6, 6.07) is 7.92. The summed E-state index contributed by atoms with van der Waals surface area (Å²) in [6.07, 6.45) is 1.72. The van der Waals surface area contributed by atoms with E-state index < -0.39 is 0 Å². The molecule has 0 unspecified atom stereocenters. The molecule has 1 aromatic heterocycles. The van der Waals surface area contributed by atoms with Crippen LogP contribution in [0, 0.1) is 0 Å². The van der Waals surface area contributed by atoms with E-state index >= 15 is 0 Å². The molecule has 0 fully saturated rings. The van der Waals surface area contributed by atoms with E-state index in [0.717, 1.165) is 16.8 Å². The van der Waals surface area contributed by atoms with Crippen LogP contribution >= 0.6 is 0 Å². The summed E-state index contributed by atoms with van der Waals surface area (Å²) < 4.78 is 5.55. The highest BCUT2D eigenvalue weighted by Crippen LogP contribution is 2.27. The molecule has 3 heteroatoms. The number of oxazole rings is 1. The first kappa shape index (κ1) is 11.9. The minimum atomic E-state index is -0.000587. The molecule has 0 amide bonds. The summed E-state index contributed by atoms with van der Waals surface area (Å²) in [4.78, 5) is 4.54. The van der Waals surface area contributed by atoms with E-state index in [2.05, 4.69) is 25.8 Å². The van der Waals surface area contributed by atoms with Gasteiger partial charge in [0.05, 0.1) is 5.69 Å². The molecule has 0 aliphatic carbocycles. The van der Waals surface area contributed by atoms with Crippen molar-refractivity contribution in [3.63, 3.8) is 0 Å². The Morgan fingerprint density at radius 1 is 1.24 bits per heavy atom. The standard InChI is InChI=1S/C14H18N2O/c1-14(2,3)12-9-17-13(16-12)11-7-5-4-6-10(11)8-15/h4-7,9H,8,15H2,1-3H3. The lowest BCUT2D eigenvalue weighted by atomic mass is 9.93. The highest BCUT2D eigenvalue weighted by molar-refractivity contribution is 5.58. The van der Waals surface area contributed by atoms with Crippen molar-refractivity contribution in [3.05, 3.63) is 41.8 Å². The molecule has 0 saturated heterocycles. The van der Waals surface area contributed by atoms with Gasteiger partial charge in [-0.25, -0.2) is 4.98 Å². The second kappa shape index (κ2) is 4.34. The Labute approximate surface area is 102 Å². The Bertz CT molecular complexity index is 509. The lowest BCUT2D eigenvalue weighted by Gasteiger charge is -2.13. The number of aromatic nitrogens is 1. The van der Waals surface area contributed by atoms with E-state index in [4.69, 9.17) is 10.2 Å². The molecule has 0 saturated carbocycles. The third kappa shape index (κ3) is 2.39. The molecule has 2 rings (SSSR count). The fourth-order valence-corrected chi connectivity index (χ4v) is 1.65. The van der Waals surface area contributed by atoms with Gasteiger partial charge >= 0.3 is 0 Å². The number of rotatable bonds is 2. The molecule has 90 valence electrons. The molecule has 0 bridgehead atoms. The van der Waals surface area contributed by atoms with Gasteiger partial charge in [-0.3, -0.25) is 0 Å². The van der Waals surface area contributed by atoms with E-state index in [1.807, 2.05) is 24.3 Å². The molecule has 1 aromatic carbocycles. The van der Waals surface area contributed by atoms with Gasteiger partial charge in [0.25, 0.3) is 0 Å². The Hall–Kier alpha value is -1.61. The smallest absolute Gasteiger partial charge is 0.226 e. The number of hydrogen-bond donors (Lipinski definition) is 1. The molecular weight excluding hydrogens is 212 g/mol. The maximum Gasteiger partial charge on any atom is 0.226 e. The van der Waals surface area contributed by atoms with Gasteiger partial charge in [0, 0.05) is 17.5 Å². The van der Waals surface area contributed by atoms with Gasteiger partial charge in [-0.2, -0.15) is 0 Å². The Balaban J connectivity index is 2.44. The molecule has 0 aliphatic heterocycles. The van der Waals surface area contributed by atoms with Crippen molar-refractivity contribution in [1.29, 1.82) is 0 Å². The van der Waals surface area contributed by atoms with E-state index in [9.17, 15) is 0 Å². The highest BCUT2D eigenvalue weighted by Gasteiger charge is 2.19. The van der Waals surface area contributed by atoms with Crippen molar-refractivity contribution in [2.24, 2.45) is 5.73 Å². The third-order valence-electron chi connectivity index (χ3n) is 2.74. The monoisotopic (exact) mass is 230 g/mol. The molecule has 17 heavy (non-hydrogen) atoms. The maximum atomic E-state index is 5.71. The van der Waals surface area contributed by atoms with Crippen LogP contribution in [-0.4, -0.2) is 4.98 Å². The van der Waals surface area contributed by atoms with Gasteiger partial charge < -0.3 is 10.2 Å². The van der Waals surface area contributed by atoms with Crippen molar-refractivity contribution in [1.82, 2.24) is 4.98 Å². The van der Waals surface area contributed by atoms with Crippen molar-refractivity contribution in [2.75, 3.05) is 0 Å². The van der Waals surface area contributed by atoms with Gasteiger partial charge in [0.1, 0.15) is 6.26 Å². The van der Waals surface area contributed by atoms with Gasteiger partial charge in [0.15, 0.2) is 0 Å². The summed E-state index contributed by atoms with van der Waals surface area (Å²) in [7, 11) is 0. The van der Waals surface area contributed by atoms with Gasteiger partial charge in [-0.1, -0.05) is 39.0 Å². The van der Waals surface area contributed by atoms with Crippen LogP contribution in [0.15, 0.2) is 34.9 Å². The molecule has 2 N–H and O–H groups in total. The van der Waals surface area contributed by atoms with E-state index in [-0.39, 0.29) is 5.41 Å². The predicted octanol–water partition coefficient (Wildman–Crippen LogP) is 3.10. The fraction of sp³-hybridized carbons (Fsp3) is 0.357. The van der Waals surface area contributed by atoms with Crippen LogP contribution in [0.5, 0.6) is 0 Å². The average Bonchev–Trinajstić information content (AvgIpc) is 2.77. The fourth-order valence-electron chi connectivity index (χ4n) is 1.65. The molecule has 3 nitrogen and oxygen atoms in total. The second-order valence-corrected chi connectivity index (χ2v) is 5.15. The van der Waals surface area contributed by atoms with Crippen molar-refractivity contribution in [2.45, 2.75) is 32.7 Å². The Morgan fingerprint density at radius 3 is 2.53 bits per heavy atom. The molecule has 0 aliphatic rings. The molecule has 2 aromatic rings. The van der Waals surface area contributed by atoms with Crippen LogP contribution in [0.4, 0.5) is 0 Å². The zero-order valence-corrected chi connectivity index (χ0v) is 10.5. The first-order chi connectivity index (χ1) is 8.02. The van der Waals surface area contributed by atoms with Crippen molar-refractivity contribution < 1.29 is 4.42 Å². The first-order valence-corrected chi connectivity index (χ1v) is 5.76. The summed E-state index contributed by atoms with van der Waals surface area (Å²) in [5.41, 5.74) is 8.70. The number of benzene rings is 1. The number of nitrogens with zero attached hydrogens (tertiary/aromatic N) is 1. The molecule has 0 atom stereocenters. The van der Waals surface area contributed by atoms with E-state index in [1.54, 1.807) is 6.26 Å². The zero-order valence-electron chi connectivity index (χ0n) is 10.5. The predicted molar refractivity (Wildman–Crippen MR) is 68.5 cm³/mol. The van der Waals surface area contributed by atoms with Crippen LogP contribution in [0.25, 0.3) is 11.5 Å². The lowest BCUT2D eigenvalue weighted by molar-refractivity contribution is 0.543. The van der Waals surface area contributed by atoms with Crippen molar-refractivity contribution in [3.8, 4) is 11.5 Å². The van der Waals surface area contributed by atoms with Gasteiger partial charge in [0.2, 0.25) is 5.89 Å². The summed E-state index contributed by atoms with van der Waals surface area (Å²) in [5, 5.41) is 0. The third-order valence-corrected chi connectivity index (χ3v) is 2.74. The Morgan fingerprint density at radius 2 is 1.94 bits per heavy atom. The van der Waals surface area contributed by atoms with Crippen LogP contribution in [0.2, 0.25) is 0 Å². The second-order valence-electron chi connectivity index (χ2n) is 5.15. The summed E-state index contributed by atoms with van der Waals surface area (Å²) >= 11 is 0. The number of hydrogen-bond acceptors (Lipinski definition) is 3. The maximum absolute atomic E-state index is 5.71. The van der Waals surface area contributed by atoms with Crippen LogP contribution in [0.3, 0.4) is 0 Å². The minimum Gasteiger partial charge on any atom is -0.444 e. The lowest BCUT2D eigenvalue weighted by Crippen LogP contribution is -2.11. The van der Waals surface area contributed by atoms with Crippen LogP contribution in [0.1, 0.15) is 32.0 Å². The van der Waals surface area contributed by atoms with Crippen molar-refractivity contribution >= 4 is 0 Å². The zero-order chi connectivity index (χ0) is 12.5. The van der Waals surface area contributed by atoms with E-state index in [0.29, 0.717) is 12.4 Å². The SMILES string of the molecule is CC(C)(C)c1coc(-c2ccccc2CN)n1. The highest BCUT2D eigenvalue weighted by atomic mass is 16.3. The summed E-state index contributed by atoms with van der Waals surface area (Å²) in [5.74, 6) is 0.649. The van der Waals surface area contributed by atoms with Gasteiger partial charge in [-0.15, -0.1) is 0 Å². The summed E-state index contributed by atoms with van der Waals surface area (Å²) in [6.45, 7) is 6.83. The Kier molecular flexibility index (Phi) is 3.03. The largest absolute Gasteiger partial charge is 0.444 e. The first-order valence-electron chi connectivity index (χ1n) is 5.76. The minimum absolute atomic E-state index is 0.000587. The normalized spacial score (nSPS) is 11.8. The molecular formula is C14H18N2O. The van der Waals surface area contributed by atoms with Crippen LogP contribution in [-0.2, 0) is 12.0 Å². The van der Waals surface area contributed by atoms with Crippen LogP contribution < -0.4 is 5.73 Å². The van der Waals surface area contributed by atoms with Gasteiger partial charge in [-0.05, 0) is 11.6 Å². The topological polar surface area (TPSA) is 52.0 Å². The van der Waals surface area contributed by atoms with E-state index in [1.165, 1.54) is 0 Å². The molecule has 0 radical (unpaired) electrons. The molecule has 1 heterocycles. The average molecular weight is 230 g/mol.